The summed E-state index contributed by atoms with van der Waals surface area (Å²) in [6.07, 6.45) is 8.75. The fourth-order valence-electron chi connectivity index (χ4n) is 3.09. The number of carboxylic acids is 1. The van der Waals surface area contributed by atoms with Gasteiger partial charge < -0.3 is 10.4 Å². The summed E-state index contributed by atoms with van der Waals surface area (Å²) < 4.78 is 0. The minimum atomic E-state index is -0.950. The predicted octanol–water partition coefficient (Wildman–Crippen LogP) is 3.64. The molecule has 1 aliphatic heterocycles. The first-order chi connectivity index (χ1) is 12.1. The molecular weight excluding hydrogens is 338 g/mol. The van der Waals surface area contributed by atoms with Crippen LogP contribution in [0, 0.1) is 0 Å². The molecule has 0 radical (unpaired) electrons. The first-order valence-corrected chi connectivity index (χ1v) is 8.17. The van der Waals surface area contributed by atoms with Crippen molar-refractivity contribution in [2.75, 3.05) is 5.32 Å². The number of aliphatic imine (C=N–C) groups is 1. The smallest absolute Gasteiger partial charge is 0.335 e. The molecular formula is C19H14ClN3O2. The standard InChI is InChI=1S/C19H14ClN3O2/c20-12-2-4-13(5-3-12)22-18-15-7-8-21-10-16(15)14-6-1-11(19(24)25)9-17(14)23-18/h1-10,14,17H,(H,22,23)(H,24,25). The Balaban J connectivity index is 1.75. The normalized spacial score (nSPS) is 20.8. The summed E-state index contributed by atoms with van der Waals surface area (Å²) in [5.41, 5.74) is 3.10. The number of benzene rings is 1. The summed E-state index contributed by atoms with van der Waals surface area (Å²) in [5.74, 6) is -0.270. The summed E-state index contributed by atoms with van der Waals surface area (Å²) >= 11 is 5.94. The van der Waals surface area contributed by atoms with Gasteiger partial charge in [-0.15, -0.1) is 0 Å². The number of nitrogens with one attached hydrogen (secondary N) is 1. The average molecular weight is 352 g/mol. The maximum Gasteiger partial charge on any atom is 0.335 e. The molecule has 25 heavy (non-hydrogen) atoms. The van der Waals surface area contributed by atoms with Crippen molar-refractivity contribution in [1.29, 1.82) is 0 Å². The molecule has 2 N–H and O–H groups in total. The second-order valence-electron chi connectivity index (χ2n) is 5.88. The first kappa shape index (κ1) is 15.6. The van der Waals surface area contributed by atoms with E-state index in [1.165, 1.54) is 0 Å². The molecule has 1 aromatic carbocycles. The van der Waals surface area contributed by atoms with Gasteiger partial charge in [0.25, 0.3) is 0 Å². The van der Waals surface area contributed by atoms with E-state index in [1.54, 1.807) is 30.5 Å². The summed E-state index contributed by atoms with van der Waals surface area (Å²) in [7, 11) is 0. The zero-order valence-electron chi connectivity index (χ0n) is 13.1. The molecule has 2 atom stereocenters. The van der Waals surface area contributed by atoms with E-state index in [4.69, 9.17) is 16.6 Å². The van der Waals surface area contributed by atoms with Crippen molar-refractivity contribution in [3.05, 3.63) is 82.7 Å². The van der Waals surface area contributed by atoms with E-state index in [0.717, 1.165) is 16.8 Å². The summed E-state index contributed by atoms with van der Waals surface area (Å²) in [4.78, 5) is 20.2. The molecule has 0 bridgehead atoms. The Morgan fingerprint density at radius 2 is 2.00 bits per heavy atom. The van der Waals surface area contributed by atoms with Crippen LogP contribution in [0.3, 0.4) is 0 Å². The van der Waals surface area contributed by atoms with Crippen molar-refractivity contribution < 1.29 is 9.90 Å². The van der Waals surface area contributed by atoms with E-state index >= 15 is 0 Å². The van der Waals surface area contributed by atoms with Gasteiger partial charge in [0.1, 0.15) is 5.84 Å². The molecule has 124 valence electrons. The van der Waals surface area contributed by atoms with Crippen LogP contribution in [-0.2, 0) is 4.79 Å². The molecule has 4 rings (SSSR count). The lowest BCUT2D eigenvalue weighted by Gasteiger charge is -2.30. The summed E-state index contributed by atoms with van der Waals surface area (Å²) in [5, 5.41) is 13.2. The predicted molar refractivity (Wildman–Crippen MR) is 97.2 cm³/mol. The third-order valence-electron chi connectivity index (χ3n) is 4.30. The zero-order chi connectivity index (χ0) is 17.4. The largest absolute Gasteiger partial charge is 0.478 e. The molecule has 1 aliphatic carbocycles. The average Bonchev–Trinajstić information content (AvgIpc) is 2.63. The molecule has 6 heteroatoms. The van der Waals surface area contributed by atoms with Gasteiger partial charge in [0.15, 0.2) is 0 Å². The number of halogens is 1. The van der Waals surface area contributed by atoms with Gasteiger partial charge in [-0.25, -0.2) is 4.79 Å². The van der Waals surface area contributed by atoms with Crippen LogP contribution in [0.4, 0.5) is 5.69 Å². The second kappa shape index (κ2) is 6.18. The SMILES string of the molecule is O=C(O)C1=CC2N=C(Nc3ccc(Cl)cc3)c3ccncc3C2C=C1. The molecule has 0 saturated carbocycles. The zero-order valence-corrected chi connectivity index (χ0v) is 13.8. The van der Waals surface area contributed by atoms with Crippen LogP contribution in [0.1, 0.15) is 17.0 Å². The number of pyridine rings is 1. The summed E-state index contributed by atoms with van der Waals surface area (Å²) in [6, 6.07) is 8.98. The van der Waals surface area contributed by atoms with Crippen molar-refractivity contribution >= 4 is 29.1 Å². The highest BCUT2D eigenvalue weighted by Gasteiger charge is 2.31. The van der Waals surface area contributed by atoms with Crippen LogP contribution in [-0.4, -0.2) is 27.9 Å². The number of amidine groups is 1. The minimum Gasteiger partial charge on any atom is -0.478 e. The van der Waals surface area contributed by atoms with Crippen LogP contribution in [0.2, 0.25) is 5.02 Å². The van der Waals surface area contributed by atoms with Crippen molar-refractivity contribution in [2.24, 2.45) is 4.99 Å². The minimum absolute atomic E-state index is 0.0115. The van der Waals surface area contributed by atoms with Crippen molar-refractivity contribution in [2.45, 2.75) is 12.0 Å². The Morgan fingerprint density at radius 3 is 2.76 bits per heavy atom. The van der Waals surface area contributed by atoms with E-state index in [1.807, 2.05) is 30.5 Å². The fourth-order valence-corrected chi connectivity index (χ4v) is 3.21. The Labute approximate surface area is 149 Å². The van der Waals surface area contributed by atoms with Crippen LogP contribution >= 0.6 is 11.6 Å². The number of carboxylic acid groups (broad SMARTS) is 1. The lowest BCUT2D eigenvalue weighted by atomic mass is 9.82. The number of hydrogen-bond acceptors (Lipinski definition) is 4. The number of fused-ring (bicyclic) bond motifs is 3. The molecule has 0 spiro atoms. The molecule has 0 saturated heterocycles. The highest BCUT2D eigenvalue weighted by molar-refractivity contribution is 6.30. The first-order valence-electron chi connectivity index (χ1n) is 7.80. The van der Waals surface area contributed by atoms with Gasteiger partial charge >= 0.3 is 5.97 Å². The molecule has 2 heterocycles. The number of hydrogen-bond donors (Lipinski definition) is 2. The molecule has 2 unspecified atom stereocenters. The molecule has 0 amide bonds. The van der Waals surface area contributed by atoms with Crippen molar-refractivity contribution in [3.63, 3.8) is 0 Å². The summed E-state index contributed by atoms with van der Waals surface area (Å²) in [6.45, 7) is 0. The molecule has 2 aliphatic rings. The van der Waals surface area contributed by atoms with Gasteiger partial charge in [0.2, 0.25) is 0 Å². The number of rotatable bonds is 2. The third-order valence-corrected chi connectivity index (χ3v) is 4.55. The van der Waals surface area contributed by atoms with Crippen LogP contribution in [0.25, 0.3) is 0 Å². The molecule has 1 aromatic heterocycles. The van der Waals surface area contributed by atoms with Crippen molar-refractivity contribution in [3.8, 4) is 0 Å². The van der Waals surface area contributed by atoms with Gasteiger partial charge in [-0.2, -0.15) is 0 Å². The van der Waals surface area contributed by atoms with Gasteiger partial charge in [-0.3, -0.25) is 9.98 Å². The Bertz CT molecular complexity index is 932. The van der Waals surface area contributed by atoms with Crippen LogP contribution in [0.5, 0.6) is 0 Å². The van der Waals surface area contributed by atoms with E-state index in [0.29, 0.717) is 10.9 Å². The Hall–Kier alpha value is -2.92. The quantitative estimate of drug-likeness (QED) is 0.866. The lowest BCUT2D eigenvalue weighted by Crippen LogP contribution is -2.30. The topological polar surface area (TPSA) is 74.6 Å². The Kier molecular flexibility index (Phi) is 3.86. The third kappa shape index (κ3) is 2.94. The van der Waals surface area contributed by atoms with Gasteiger partial charge in [-0.05, 0) is 42.0 Å². The van der Waals surface area contributed by atoms with Crippen LogP contribution < -0.4 is 5.32 Å². The maximum atomic E-state index is 11.3. The van der Waals surface area contributed by atoms with E-state index in [2.05, 4.69) is 10.3 Å². The highest BCUT2D eigenvalue weighted by atomic mass is 35.5. The fraction of sp³-hybridized carbons (Fsp3) is 0.105. The monoisotopic (exact) mass is 351 g/mol. The van der Waals surface area contributed by atoms with Gasteiger partial charge in [0, 0.05) is 34.6 Å². The molecule has 0 fully saturated rings. The van der Waals surface area contributed by atoms with Gasteiger partial charge in [-0.1, -0.05) is 23.8 Å². The van der Waals surface area contributed by atoms with Gasteiger partial charge in [0.05, 0.1) is 11.6 Å². The number of carbonyl (C=O) groups is 1. The number of nitrogens with zero attached hydrogens (tertiary/aromatic N) is 2. The number of anilines is 1. The highest BCUT2D eigenvalue weighted by Crippen LogP contribution is 2.35. The van der Waals surface area contributed by atoms with Crippen molar-refractivity contribution in [1.82, 2.24) is 4.98 Å². The van der Waals surface area contributed by atoms with E-state index < -0.39 is 5.97 Å². The number of aromatic nitrogens is 1. The van der Waals surface area contributed by atoms with Crippen LogP contribution in [0.15, 0.2) is 71.5 Å². The second-order valence-corrected chi connectivity index (χ2v) is 6.31. The molecule has 2 aromatic rings. The molecule has 5 nitrogen and oxygen atoms in total. The van der Waals surface area contributed by atoms with E-state index in [9.17, 15) is 9.90 Å². The lowest BCUT2D eigenvalue weighted by molar-refractivity contribution is -0.132. The number of aliphatic carboxylic acids is 1. The maximum absolute atomic E-state index is 11.3. The van der Waals surface area contributed by atoms with E-state index in [-0.39, 0.29) is 17.5 Å². The Morgan fingerprint density at radius 1 is 1.20 bits per heavy atom.